The molecule has 0 aliphatic rings. The Kier molecular flexibility index (Phi) is 6.76. The van der Waals surface area contributed by atoms with Gasteiger partial charge < -0.3 is 9.84 Å². The third-order valence-corrected chi connectivity index (χ3v) is 4.69. The van der Waals surface area contributed by atoms with Crippen LogP contribution in [0.15, 0.2) is 16.9 Å². The van der Waals surface area contributed by atoms with E-state index in [1.165, 1.54) is 19.1 Å². The molecule has 8 heteroatoms. The molecule has 0 bridgehead atoms. The van der Waals surface area contributed by atoms with E-state index >= 15 is 0 Å². The maximum atomic E-state index is 13.1. The van der Waals surface area contributed by atoms with Crippen LogP contribution in [0.25, 0.3) is 0 Å². The van der Waals surface area contributed by atoms with Gasteiger partial charge in [-0.3, -0.25) is 14.2 Å². The highest BCUT2D eigenvalue weighted by atomic mass is 35.5. The first-order valence-corrected chi connectivity index (χ1v) is 9.42. The van der Waals surface area contributed by atoms with Crippen LogP contribution in [-0.4, -0.2) is 22.1 Å². The van der Waals surface area contributed by atoms with Crippen molar-refractivity contribution in [2.75, 3.05) is 6.61 Å². The zero-order valence-electron chi connectivity index (χ0n) is 16.0. The second kappa shape index (κ2) is 8.68. The van der Waals surface area contributed by atoms with Crippen molar-refractivity contribution in [1.29, 1.82) is 5.26 Å². The van der Waals surface area contributed by atoms with Crippen molar-refractivity contribution in [2.45, 2.75) is 34.2 Å². The van der Waals surface area contributed by atoms with Crippen LogP contribution in [0.2, 0.25) is 10.0 Å². The zero-order chi connectivity index (χ0) is 21.2. The van der Waals surface area contributed by atoms with E-state index in [0.29, 0.717) is 6.61 Å². The highest BCUT2D eigenvalue weighted by Crippen LogP contribution is 2.36. The fourth-order valence-electron chi connectivity index (χ4n) is 2.87. The molecule has 6 nitrogen and oxygen atoms in total. The van der Waals surface area contributed by atoms with E-state index in [1.54, 1.807) is 6.92 Å². The summed E-state index contributed by atoms with van der Waals surface area (Å²) < 4.78 is 6.40. The zero-order valence-corrected chi connectivity index (χ0v) is 17.5. The Morgan fingerprint density at radius 3 is 2.36 bits per heavy atom. The maximum Gasteiger partial charge on any atom is 0.271 e. The van der Waals surface area contributed by atoms with Crippen LogP contribution >= 0.6 is 23.2 Å². The molecule has 0 radical (unpaired) electrons. The van der Waals surface area contributed by atoms with E-state index < -0.39 is 17.2 Å². The Morgan fingerprint density at radius 2 is 1.89 bits per heavy atom. The Hall–Kier alpha value is -2.49. The van der Waals surface area contributed by atoms with Gasteiger partial charge in [0.1, 0.15) is 11.6 Å². The van der Waals surface area contributed by atoms with E-state index in [2.05, 4.69) is 0 Å². The van der Waals surface area contributed by atoms with E-state index in [-0.39, 0.29) is 50.5 Å². The molecule has 0 amide bonds. The van der Waals surface area contributed by atoms with E-state index in [4.69, 9.17) is 27.9 Å². The second-order valence-corrected chi connectivity index (χ2v) is 7.47. The fourth-order valence-corrected chi connectivity index (χ4v) is 3.47. The minimum Gasteiger partial charge on any atom is -0.494 e. The molecule has 1 heterocycles. The van der Waals surface area contributed by atoms with Gasteiger partial charge in [-0.2, -0.15) is 5.26 Å². The van der Waals surface area contributed by atoms with Gasteiger partial charge in [-0.15, -0.1) is 0 Å². The molecule has 0 saturated heterocycles. The molecule has 2 rings (SSSR count). The highest BCUT2D eigenvalue weighted by molar-refractivity contribution is 6.38. The third-order valence-electron chi connectivity index (χ3n) is 4.12. The summed E-state index contributed by atoms with van der Waals surface area (Å²) in [6.45, 7) is 7.43. The second-order valence-electron chi connectivity index (χ2n) is 6.65. The van der Waals surface area contributed by atoms with Crippen LogP contribution in [0.4, 0.5) is 0 Å². The van der Waals surface area contributed by atoms with Gasteiger partial charge in [-0.05, 0) is 37.5 Å². The Balaban J connectivity index is 2.73. The summed E-state index contributed by atoms with van der Waals surface area (Å²) in [7, 11) is 0. The van der Waals surface area contributed by atoms with Crippen LogP contribution < -0.4 is 10.3 Å². The Morgan fingerprint density at radius 1 is 1.32 bits per heavy atom. The molecule has 1 N–H and O–H groups in total. The number of carbonyl (C=O) groups is 1. The predicted molar refractivity (Wildman–Crippen MR) is 108 cm³/mol. The number of ketones is 1. The number of ether oxygens (including phenoxy) is 1. The quantitative estimate of drug-likeness (QED) is 0.699. The van der Waals surface area contributed by atoms with Gasteiger partial charge in [0.15, 0.2) is 11.5 Å². The van der Waals surface area contributed by atoms with Gasteiger partial charge in [0.25, 0.3) is 5.56 Å². The number of halogens is 2. The summed E-state index contributed by atoms with van der Waals surface area (Å²) in [5.74, 6) is -0.821. The fraction of sp³-hybridized carbons (Fsp3) is 0.350. The lowest BCUT2D eigenvalue weighted by molar-refractivity contribution is 0.103. The van der Waals surface area contributed by atoms with Crippen LogP contribution in [-0.2, 0) is 6.54 Å². The van der Waals surface area contributed by atoms with Crippen molar-refractivity contribution < 1.29 is 14.6 Å². The normalized spacial score (nSPS) is 10.8. The van der Waals surface area contributed by atoms with Gasteiger partial charge in [0.05, 0.1) is 22.2 Å². The standard InChI is InChI=1S/C20H20Cl2N2O4/c1-5-28-18-14(21)6-12(7-15(18)22)17(25)16-11(4)13(8-23)19(26)24(20(16)27)9-10(2)3/h6-7,10,27H,5,9H2,1-4H3. The SMILES string of the molecule is CCOc1c(Cl)cc(C(=O)c2c(C)c(C#N)c(=O)n(CC(C)C)c2O)cc1Cl. The van der Waals surface area contributed by atoms with Gasteiger partial charge in [0, 0.05) is 12.1 Å². The number of benzene rings is 1. The summed E-state index contributed by atoms with van der Waals surface area (Å²) in [5.41, 5.74) is -0.741. The van der Waals surface area contributed by atoms with Gasteiger partial charge in [-0.1, -0.05) is 37.0 Å². The number of hydrogen-bond acceptors (Lipinski definition) is 5. The predicted octanol–water partition coefficient (Wildman–Crippen LogP) is 4.33. The molecule has 28 heavy (non-hydrogen) atoms. The topological polar surface area (TPSA) is 92.3 Å². The molecule has 0 aliphatic heterocycles. The van der Waals surface area contributed by atoms with Crippen molar-refractivity contribution in [3.8, 4) is 17.7 Å². The molecular formula is C20H20Cl2N2O4. The van der Waals surface area contributed by atoms with Crippen molar-refractivity contribution in [3.05, 3.63) is 54.8 Å². The van der Waals surface area contributed by atoms with Crippen molar-refractivity contribution in [2.24, 2.45) is 5.92 Å². The van der Waals surface area contributed by atoms with Crippen molar-refractivity contribution in [3.63, 3.8) is 0 Å². The molecule has 0 unspecified atom stereocenters. The average Bonchev–Trinajstić information content (AvgIpc) is 2.61. The summed E-state index contributed by atoms with van der Waals surface area (Å²) in [6.07, 6.45) is 0. The van der Waals surface area contributed by atoms with Crippen LogP contribution in [0.3, 0.4) is 0 Å². The summed E-state index contributed by atoms with van der Waals surface area (Å²) >= 11 is 12.4. The monoisotopic (exact) mass is 422 g/mol. The number of rotatable bonds is 6. The Bertz CT molecular complexity index is 1010. The van der Waals surface area contributed by atoms with Gasteiger partial charge in [0.2, 0.25) is 5.88 Å². The summed E-state index contributed by atoms with van der Waals surface area (Å²) in [5, 5.41) is 20.4. The van der Waals surface area contributed by atoms with E-state index in [1.807, 2.05) is 19.9 Å². The lowest BCUT2D eigenvalue weighted by Gasteiger charge is -2.17. The lowest BCUT2D eigenvalue weighted by atomic mass is 9.97. The molecule has 1 aromatic heterocycles. The van der Waals surface area contributed by atoms with Crippen LogP contribution in [0.5, 0.6) is 11.6 Å². The molecule has 148 valence electrons. The molecule has 0 fully saturated rings. The molecule has 0 aliphatic carbocycles. The minimum absolute atomic E-state index is 0.00941. The number of nitriles is 1. The molecular weight excluding hydrogens is 403 g/mol. The molecule has 0 saturated carbocycles. The maximum absolute atomic E-state index is 13.1. The minimum atomic E-state index is -0.634. The largest absolute Gasteiger partial charge is 0.494 e. The number of aromatic nitrogens is 1. The van der Waals surface area contributed by atoms with Crippen LogP contribution in [0.1, 0.15) is 47.8 Å². The number of nitrogens with zero attached hydrogens (tertiary/aromatic N) is 2. The highest BCUT2D eigenvalue weighted by Gasteiger charge is 2.26. The molecule has 0 atom stereocenters. The number of hydrogen-bond donors (Lipinski definition) is 1. The number of pyridine rings is 1. The smallest absolute Gasteiger partial charge is 0.271 e. The first kappa shape index (κ1) is 21.8. The van der Waals surface area contributed by atoms with Gasteiger partial charge >= 0.3 is 0 Å². The van der Waals surface area contributed by atoms with Crippen molar-refractivity contribution in [1.82, 2.24) is 4.57 Å². The Labute approximate surface area is 172 Å². The summed E-state index contributed by atoms with van der Waals surface area (Å²) in [4.78, 5) is 25.7. The van der Waals surface area contributed by atoms with Crippen molar-refractivity contribution >= 4 is 29.0 Å². The number of carbonyl (C=O) groups excluding carboxylic acids is 1. The average molecular weight is 423 g/mol. The molecule has 2 aromatic rings. The first-order chi connectivity index (χ1) is 13.1. The number of aromatic hydroxyl groups is 1. The lowest BCUT2D eigenvalue weighted by Crippen LogP contribution is -2.28. The van der Waals surface area contributed by atoms with Crippen LogP contribution in [0, 0.1) is 24.2 Å². The third kappa shape index (κ3) is 4.01. The molecule has 0 spiro atoms. The first-order valence-electron chi connectivity index (χ1n) is 8.66. The summed E-state index contributed by atoms with van der Waals surface area (Å²) in [6, 6.07) is 4.59. The molecule has 1 aromatic carbocycles. The van der Waals surface area contributed by atoms with E-state index in [9.17, 15) is 20.0 Å². The van der Waals surface area contributed by atoms with Gasteiger partial charge in [-0.25, -0.2) is 0 Å². The van der Waals surface area contributed by atoms with E-state index in [0.717, 1.165) is 4.57 Å².